The van der Waals surface area contributed by atoms with Gasteiger partial charge in [0.05, 0.1) is 10.5 Å². The number of nitro groups is 1. The Kier molecular flexibility index (Phi) is 5.31. The largest absolute Gasteiger partial charge is 0.452 e. The number of ether oxygens (including phenoxy) is 1. The van der Waals surface area contributed by atoms with Crippen LogP contribution in [0.2, 0.25) is 0 Å². The van der Waals surface area contributed by atoms with Crippen LogP contribution in [0.3, 0.4) is 0 Å². The van der Waals surface area contributed by atoms with Gasteiger partial charge in [-0.05, 0) is 31.7 Å². The topological polar surface area (TPSA) is 89.8 Å². The molecule has 0 N–H and O–H groups in total. The number of aryl methyl sites for hydroxylation is 1. The minimum Gasteiger partial charge on any atom is -0.452 e. The highest BCUT2D eigenvalue weighted by molar-refractivity contribution is 5.92. The summed E-state index contributed by atoms with van der Waals surface area (Å²) in [6, 6.07) is 4.12. The second-order valence-corrected chi connectivity index (χ2v) is 5.92. The molecule has 2 rings (SSSR count). The van der Waals surface area contributed by atoms with E-state index in [0.29, 0.717) is 24.6 Å². The molecule has 0 bridgehead atoms. The number of esters is 1. The highest BCUT2D eigenvalue weighted by Crippen LogP contribution is 2.20. The number of carbonyl (C=O) groups excluding carboxylic acids is 2. The van der Waals surface area contributed by atoms with Crippen LogP contribution in [0.5, 0.6) is 0 Å². The van der Waals surface area contributed by atoms with Crippen molar-refractivity contribution in [2.45, 2.75) is 26.7 Å². The van der Waals surface area contributed by atoms with Crippen LogP contribution in [0.25, 0.3) is 0 Å². The molecule has 124 valence electrons. The van der Waals surface area contributed by atoms with E-state index < -0.39 is 10.9 Å². The summed E-state index contributed by atoms with van der Waals surface area (Å²) in [4.78, 5) is 36.1. The first-order chi connectivity index (χ1) is 10.9. The van der Waals surface area contributed by atoms with Gasteiger partial charge >= 0.3 is 5.97 Å². The molecule has 23 heavy (non-hydrogen) atoms. The highest BCUT2D eigenvalue weighted by atomic mass is 16.6. The molecule has 7 nitrogen and oxygen atoms in total. The summed E-state index contributed by atoms with van der Waals surface area (Å²) in [5.74, 6) is -0.513. The van der Waals surface area contributed by atoms with Crippen molar-refractivity contribution in [2.75, 3.05) is 19.7 Å². The van der Waals surface area contributed by atoms with E-state index in [-0.39, 0.29) is 23.8 Å². The average Bonchev–Trinajstić information content (AvgIpc) is 2.52. The van der Waals surface area contributed by atoms with Gasteiger partial charge in [-0.2, -0.15) is 0 Å². The molecule has 7 heteroatoms. The lowest BCUT2D eigenvalue weighted by molar-refractivity contribution is -0.385. The zero-order chi connectivity index (χ0) is 17.0. The first-order valence-electron chi connectivity index (χ1n) is 7.58. The lowest BCUT2D eigenvalue weighted by Crippen LogP contribution is -2.41. The van der Waals surface area contributed by atoms with E-state index >= 15 is 0 Å². The molecule has 1 atom stereocenters. The number of nitrogens with zero attached hydrogens (tertiary/aromatic N) is 2. The third kappa shape index (κ3) is 4.28. The van der Waals surface area contributed by atoms with Crippen molar-refractivity contribution in [1.29, 1.82) is 0 Å². The monoisotopic (exact) mass is 320 g/mol. The summed E-state index contributed by atoms with van der Waals surface area (Å²) in [7, 11) is 0. The van der Waals surface area contributed by atoms with Crippen LogP contribution < -0.4 is 0 Å². The van der Waals surface area contributed by atoms with E-state index in [2.05, 4.69) is 6.92 Å². The summed E-state index contributed by atoms with van der Waals surface area (Å²) in [6.07, 6.45) is 2.04. The van der Waals surface area contributed by atoms with E-state index in [1.807, 2.05) is 0 Å². The number of carbonyl (C=O) groups is 2. The molecule has 1 aromatic carbocycles. The second kappa shape index (κ2) is 7.21. The Morgan fingerprint density at radius 1 is 1.43 bits per heavy atom. The molecule has 1 heterocycles. The van der Waals surface area contributed by atoms with Crippen molar-refractivity contribution in [3.63, 3.8) is 0 Å². The zero-order valence-corrected chi connectivity index (χ0v) is 13.3. The second-order valence-electron chi connectivity index (χ2n) is 5.92. The molecule has 0 aliphatic carbocycles. The smallest absolute Gasteiger partial charge is 0.338 e. The van der Waals surface area contributed by atoms with Gasteiger partial charge in [0, 0.05) is 24.7 Å². The van der Waals surface area contributed by atoms with Gasteiger partial charge in [-0.15, -0.1) is 0 Å². The van der Waals surface area contributed by atoms with Crippen LogP contribution in [-0.4, -0.2) is 41.4 Å². The third-order valence-corrected chi connectivity index (χ3v) is 3.98. The van der Waals surface area contributed by atoms with Crippen molar-refractivity contribution in [2.24, 2.45) is 5.92 Å². The summed E-state index contributed by atoms with van der Waals surface area (Å²) >= 11 is 0. The minimum atomic E-state index is -0.730. The first kappa shape index (κ1) is 16.9. The number of piperidine rings is 1. The molecular weight excluding hydrogens is 300 g/mol. The lowest BCUT2D eigenvalue weighted by atomic mass is 10.0. The summed E-state index contributed by atoms with van der Waals surface area (Å²) in [5, 5.41) is 10.9. The van der Waals surface area contributed by atoms with Crippen LogP contribution in [0, 0.1) is 23.0 Å². The fourth-order valence-corrected chi connectivity index (χ4v) is 2.65. The average molecular weight is 320 g/mol. The molecule has 1 fully saturated rings. The molecule has 1 aliphatic heterocycles. The van der Waals surface area contributed by atoms with E-state index in [1.165, 1.54) is 18.2 Å². The van der Waals surface area contributed by atoms with Gasteiger partial charge < -0.3 is 9.64 Å². The highest BCUT2D eigenvalue weighted by Gasteiger charge is 2.22. The fourth-order valence-electron chi connectivity index (χ4n) is 2.65. The minimum absolute atomic E-state index is 0.0714. The summed E-state index contributed by atoms with van der Waals surface area (Å²) in [5.41, 5.74) is 0.391. The van der Waals surface area contributed by atoms with Crippen molar-refractivity contribution in [1.82, 2.24) is 4.90 Å². The van der Waals surface area contributed by atoms with Gasteiger partial charge in [0.15, 0.2) is 6.61 Å². The number of amides is 1. The van der Waals surface area contributed by atoms with Crippen LogP contribution in [0.1, 0.15) is 35.7 Å². The van der Waals surface area contributed by atoms with Gasteiger partial charge in [-0.3, -0.25) is 14.9 Å². The maximum Gasteiger partial charge on any atom is 0.338 e. The summed E-state index contributed by atoms with van der Waals surface area (Å²) in [6.45, 7) is 4.68. The van der Waals surface area contributed by atoms with Gasteiger partial charge in [-0.1, -0.05) is 13.0 Å². The molecule has 1 saturated heterocycles. The Balaban J connectivity index is 1.95. The molecule has 0 radical (unpaired) electrons. The molecule has 1 unspecified atom stereocenters. The predicted molar refractivity (Wildman–Crippen MR) is 83.1 cm³/mol. The molecule has 1 aliphatic rings. The molecule has 0 saturated carbocycles. The Hall–Kier alpha value is -2.44. The van der Waals surface area contributed by atoms with Gasteiger partial charge in [0.1, 0.15) is 0 Å². The van der Waals surface area contributed by atoms with Gasteiger partial charge in [0.2, 0.25) is 0 Å². The number of hydrogen-bond acceptors (Lipinski definition) is 5. The van der Waals surface area contributed by atoms with Crippen molar-refractivity contribution < 1.29 is 19.2 Å². The molecule has 1 aromatic rings. The number of benzene rings is 1. The standard InChI is InChI=1S/C16H20N2O5/c1-11-4-3-7-17(9-11)15(19)10-23-16(20)13-6-5-12(2)14(8-13)18(21)22/h5-6,8,11H,3-4,7,9-10H2,1-2H3. The SMILES string of the molecule is Cc1ccc(C(=O)OCC(=O)N2CCCC(C)C2)cc1[N+](=O)[O-]. The van der Waals surface area contributed by atoms with E-state index in [0.717, 1.165) is 12.8 Å². The first-order valence-corrected chi connectivity index (χ1v) is 7.58. The van der Waals surface area contributed by atoms with Crippen molar-refractivity contribution in [3.8, 4) is 0 Å². The van der Waals surface area contributed by atoms with Crippen LogP contribution >= 0.6 is 0 Å². The number of likely N-dealkylation sites (tertiary alicyclic amines) is 1. The molecule has 0 aromatic heterocycles. The fraction of sp³-hybridized carbons (Fsp3) is 0.500. The van der Waals surface area contributed by atoms with Crippen LogP contribution in [-0.2, 0) is 9.53 Å². The van der Waals surface area contributed by atoms with Gasteiger partial charge in [0.25, 0.3) is 11.6 Å². The molecule has 0 spiro atoms. The normalized spacial score (nSPS) is 17.7. The van der Waals surface area contributed by atoms with Crippen LogP contribution in [0.4, 0.5) is 5.69 Å². The number of hydrogen-bond donors (Lipinski definition) is 0. The molecular formula is C16H20N2O5. The van der Waals surface area contributed by atoms with E-state index in [4.69, 9.17) is 4.74 Å². The van der Waals surface area contributed by atoms with Crippen molar-refractivity contribution >= 4 is 17.6 Å². The third-order valence-electron chi connectivity index (χ3n) is 3.98. The van der Waals surface area contributed by atoms with E-state index in [1.54, 1.807) is 11.8 Å². The Bertz CT molecular complexity index is 629. The number of rotatable bonds is 4. The van der Waals surface area contributed by atoms with Crippen molar-refractivity contribution in [3.05, 3.63) is 39.4 Å². The maximum atomic E-state index is 12.0. The van der Waals surface area contributed by atoms with Crippen LogP contribution in [0.15, 0.2) is 18.2 Å². The number of nitro benzene ring substituents is 1. The zero-order valence-electron chi connectivity index (χ0n) is 13.3. The van der Waals surface area contributed by atoms with Gasteiger partial charge in [-0.25, -0.2) is 4.79 Å². The van der Waals surface area contributed by atoms with E-state index in [9.17, 15) is 19.7 Å². The Morgan fingerprint density at radius 2 is 2.17 bits per heavy atom. The Labute approximate surface area is 134 Å². The quantitative estimate of drug-likeness (QED) is 0.482. The molecule has 1 amide bonds. The Morgan fingerprint density at radius 3 is 2.83 bits per heavy atom. The predicted octanol–water partition coefficient (Wildman–Crippen LogP) is 2.32. The lowest BCUT2D eigenvalue weighted by Gasteiger charge is -2.30. The summed E-state index contributed by atoms with van der Waals surface area (Å²) < 4.78 is 5.00. The maximum absolute atomic E-state index is 12.0.